The van der Waals surface area contributed by atoms with Crippen LogP contribution in [0.4, 0.5) is 5.82 Å². The summed E-state index contributed by atoms with van der Waals surface area (Å²) in [6, 6.07) is 7.97. The maximum absolute atomic E-state index is 5.57. The quantitative estimate of drug-likeness (QED) is 0.824. The zero-order chi connectivity index (χ0) is 9.10. The maximum atomic E-state index is 5.57. The van der Waals surface area contributed by atoms with Gasteiger partial charge in [0.15, 0.2) is 0 Å². The fraction of sp³-hybridized carbons (Fsp3) is 0. The molecular formula is C9H8N2S2. The first-order valence-electron chi connectivity index (χ1n) is 3.77. The van der Waals surface area contributed by atoms with Crippen LogP contribution in [0.3, 0.4) is 0 Å². The Balaban J connectivity index is 2.19. The second kappa shape index (κ2) is 3.81. The lowest BCUT2D eigenvalue weighted by Crippen LogP contribution is -1.87. The molecule has 13 heavy (non-hydrogen) atoms. The van der Waals surface area contributed by atoms with Gasteiger partial charge in [-0.1, -0.05) is 17.8 Å². The molecule has 0 atom stereocenters. The van der Waals surface area contributed by atoms with Crippen molar-refractivity contribution in [1.82, 2.24) is 4.98 Å². The van der Waals surface area contributed by atoms with E-state index in [0.29, 0.717) is 5.82 Å². The van der Waals surface area contributed by atoms with Crippen LogP contribution < -0.4 is 5.73 Å². The molecule has 66 valence electrons. The molecule has 0 amide bonds. The van der Waals surface area contributed by atoms with Crippen molar-refractivity contribution < 1.29 is 0 Å². The Morgan fingerprint density at radius 3 is 3.00 bits per heavy atom. The van der Waals surface area contributed by atoms with E-state index in [2.05, 4.69) is 16.4 Å². The summed E-state index contributed by atoms with van der Waals surface area (Å²) in [6.07, 6.45) is 1.73. The van der Waals surface area contributed by atoms with E-state index in [-0.39, 0.29) is 0 Å². The van der Waals surface area contributed by atoms with Crippen molar-refractivity contribution in [2.45, 2.75) is 9.10 Å². The summed E-state index contributed by atoms with van der Waals surface area (Å²) in [6.45, 7) is 0. The Morgan fingerprint density at radius 2 is 2.31 bits per heavy atom. The molecule has 2 rings (SSSR count). The highest BCUT2D eigenvalue weighted by Gasteiger charge is 1.98. The van der Waals surface area contributed by atoms with E-state index < -0.39 is 0 Å². The maximum Gasteiger partial charge on any atom is 0.124 e. The third-order valence-corrected chi connectivity index (χ3v) is 3.49. The van der Waals surface area contributed by atoms with Crippen molar-refractivity contribution in [3.05, 3.63) is 35.8 Å². The van der Waals surface area contributed by atoms with E-state index in [1.165, 1.54) is 4.21 Å². The standard InChI is InChI=1S/C9H8N2S2/c10-8-6-7(3-4-11-8)13-9-2-1-5-12-9/h1-6H,(H2,10,11). The minimum absolute atomic E-state index is 0.571. The number of pyridine rings is 1. The molecule has 2 aromatic heterocycles. The van der Waals surface area contributed by atoms with Gasteiger partial charge >= 0.3 is 0 Å². The van der Waals surface area contributed by atoms with Crippen LogP contribution in [0.2, 0.25) is 0 Å². The highest BCUT2D eigenvalue weighted by molar-refractivity contribution is 8.01. The smallest absolute Gasteiger partial charge is 0.124 e. The van der Waals surface area contributed by atoms with Crippen LogP contribution in [0.25, 0.3) is 0 Å². The number of nitrogens with zero attached hydrogens (tertiary/aromatic N) is 1. The lowest BCUT2D eigenvalue weighted by atomic mass is 10.5. The summed E-state index contributed by atoms with van der Waals surface area (Å²) in [5, 5.41) is 2.06. The van der Waals surface area contributed by atoms with Crippen LogP contribution in [0.15, 0.2) is 44.9 Å². The van der Waals surface area contributed by atoms with E-state index in [9.17, 15) is 0 Å². The Bertz CT molecular complexity index is 384. The van der Waals surface area contributed by atoms with Gasteiger partial charge in [0, 0.05) is 11.1 Å². The number of nitrogen functional groups attached to an aromatic ring is 1. The second-order valence-corrected chi connectivity index (χ2v) is 4.77. The molecule has 2 aromatic rings. The van der Waals surface area contributed by atoms with Crippen LogP contribution in [0, 0.1) is 0 Å². The van der Waals surface area contributed by atoms with Gasteiger partial charge < -0.3 is 5.73 Å². The largest absolute Gasteiger partial charge is 0.384 e. The van der Waals surface area contributed by atoms with Gasteiger partial charge in [-0.3, -0.25) is 0 Å². The topological polar surface area (TPSA) is 38.9 Å². The lowest BCUT2D eigenvalue weighted by molar-refractivity contribution is 1.27. The third kappa shape index (κ3) is 2.23. The number of hydrogen-bond donors (Lipinski definition) is 1. The third-order valence-electron chi connectivity index (χ3n) is 1.47. The van der Waals surface area contributed by atoms with E-state index in [4.69, 9.17) is 5.73 Å². The molecule has 4 heteroatoms. The molecule has 0 saturated carbocycles. The second-order valence-electron chi connectivity index (χ2n) is 2.45. The van der Waals surface area contributed by atoms with Crippen molar-refractivity contribution in [2.24, 2.45) is 0 Å². The summed E-state index contributed by atoms with van der Waals surface area (Å²) in [5.41, 5.74) is 5.57. The SMILES string of the molecule is Nc1cc(Sc2cccs2)ccn1. The molecule has 2 N–H and O–H groups in total. The van der Waals surface area contributed by atoms with Crippen LogP contribution in [0.5, 0.6) is 0 Å². The molecular weight excluding hydrogens is 200 g/mol. The van der Waals surface area contributed by atoms with Gasteiger partial charge in [-0.05, 0) is 23.6 Å². The van der Waals surface area contributed by atoms with Crippen molar-refractivity contribution in [1.29, 1.82) is 0 Å². The van der Waals surface area contributed by atoms with E-state index in [1.807, 2.05) is 18.2 Å². The summed E-state index contributed by atoms with van der Waals surface area (Å²) < 4.78 is 1.27. The van der Waals surface area contributed by atoms with Crippen molar-refractivity contribution in [2.75, 3.05) is 5.73 Å². The van der Waals surface area contributed by atoms with Crippen LogP contribution in [-0.2, 0) is 0 Å². The minimum atomic E-state index is 0.571. The first-order valence-corrected chi connectivity index (χ1v) is 5.47. The minimum Gasteiger partial charge on any atom is -0.384 e. The van der Waals surface area contributed by atoms with Gasteiger partial charge in [0.05, 0.1) is 4.21 Å². The molecule has 0 saturated heterocycles. The predicted octanol–water partition coefficient (Wildman–Crippen LogP) is 2.88. The monoisotopic (exact) mass is 208 g/mol. The molecule has 0 radical (unpaired) electrons. The Kier molecular flexibility index (Phi) is 2.52. The van der Waals surface area contributed by atoms with E-state index in [0.717, 1.165) is 4.90 Å². The average Bonchev–Trinajstić information content (AvgIpc) is 2.57. The summed E-state index contributed by atoms with van der Waals surface area (Å²) in [5.74, 6) is 0.571. The normalized spacial score (nSPS) is 10.2. The first-order chi connectivity index (χ1) is 6.34. The zero-order valence-corrected chi connectivity index (χ0v) is 8.44. The molecule has 0 unspecified atom stereocenters. The number of nitrogens with two attached hydrogens (primary N) is 1. The van der Waals surface area contributed by atoms with Crippen molar-refractivity contribution in [3.63, 3.8) is 0 Å². The van der Waals surface area contributed by atoms with Crippen molar-refractivity contribution in [3.8, 4) is 0 Å². The summed E-state index contributed by atoms with van der Waals surface area (Å²) in [7, 11) is 0. The number of hydrogen-bond acceptors (Lipinski definition) is 4. The Morgan fingerprint density at radius 1 is 1.38 bits per heavy atom. The highest BCUT2D eigenvalue weighted by Crippen LogP contribution is 2.31. The van der Waals surface area contributed by atoms with E-state index >= 15 is 0 Å². The molecule has 0 fully saturated rings. The molecule has 0 aliphatic rings. The van der Waals surface area contributed by atoms with Gasteiger partial charge in [-0.2, -0.15) is 0 Å². The van der Waals surface area contributed by atoms with Crippen LogP contribution >= 0.6 is 23.1 Å². The summed E-state index contributed by atoms with van der Waals surface area (Å²) >= 11 is 3.43. The highest BCUT2D eigenvalue weighted by atomic mass is 32.2. The molecule has 2 nitrogen and oxygen atoms in total. The number of aromatic nitrogens is 1. The molecule has 0 bridgehead atoms. The van der Waals surface area contributed by atoms with Crippen molar-refractivity contribution >= 4 is 28.9 Å². The fourth-order valence-corrected chi connectivity index (χ4v) is 2.71. The van der Waals surface area contributed by atoms with Gasteiger partial charge in [0.1, 0.15) is 5.82 Å². The molecule has 0 aromatic carbocycles. The Labute approximate surface area is 84.8 Å². The van der Waals surface area contributed by atoms with Gasteiger partial charge in [-0.25, -0.2) is 4.98 Å². The summed E-state index contributed by atoms with van der Waals surface area (Å²) in [4.78, 5) is 5.07. The van der Waals surface area contributed by atoms with Gasteiger partial charge in [0.25, 0.3) is 0 Å². The number of anilines is 1. The number of rotatable bonds is 2. The number of thiophene rings is 1. The van der Waals surface area contributed by atoms with Crippen LogP contribution in [-0.4, -0.2) is 4.98 Å². The predicted molar refractivity (Wildman–Crippen MR) is 57.1 cm³/mol. The lowest BCUT2D eigenvalue weighted by Gasteiger charge is -1.98. The van der Waals surface area contributed by atoms with E-state index in [1.54, 1.807) is 29.3 Å². The molecule has 2 heterocycles. The van der Waals surface area contributed by atoms with Gasteiger partial charge in [-0.15, -0.1) is 11.3 Å². The zero-order valence-electron chi connectivity index (χ0n) is 6.81. The molecule has 0 aliphatic carbocycles. The average molecular weight is 208 g/mol. The Hall–Kier alpha value is -1.00. The fourth-order valence-electron chi connectivity index (χ4n) is 0.929. The first kappa shape index (κ1) is 8.59. The van der Waals surface area contributed by atoms with Crippen LogP contribution in [0.1, 0.15) is 0 Å². The molecule has 0 aliphatic heterocycles. The molecule has 0 spiro atoms. The van der Waals surface area contributed by atoms with Gasteiger partial charge in [0.2, 0.25) is 0 Å².